The van der Waals surface area contributed by atoms with E-state index in [9.17, 15) is 0 Å². The minimum atomic E-state index is -2.50. The van der Waals surface area contributed by atoms with Gasteiger partial charge in [0.05, 0.1) is 24.2 Å². The Bertz CT molecular complexity index is 1180. The highest BCUT2D eigenvalue weighted by atomic mass is 28.3. The van der Waals surface area contributed by atoms with E-state index in [0.29, 0.717) is 0 Å². The van der Waals surface area contributed by atoms with Crippen molar-refractivity contribution in [1.82, 2.24) is 0 Å². The van der Waals surface area contributed by atoms with Crippen molar-refractivity contribution in [2.24, 2.45) is 0 Å². The molecule has 0 N–H and O–H groups in total. The Labute approximate surface area is 229 Å². The molecule has 0 saturated carbocycles. The van der Waals surface area contributed by atoms with Gasteiger partial charge in [-0.25, -0.2) is 0 Å². The number of hydrogen-bond donors (Lipinski definition) is 0. The Morgan fingerprint density at radius 1 is 0.270 bits per heavy atom. The van der Waals surface area contributed by atoms with E-state index in [1.807, 2.05) is 0 Å². The Balaban J connectivity index is 2.05. The van der Waals surface area contributed by atoms with E-state index in [-0.39, 0.29) is 0 Å². The van der Waals surface area contributed by atoms with Crippen LogP contribution in [-0.4, -0.2) is 32.3 Å². The molecule has 0 bridgehead atoms. The molecule has 0 unspecified atom stereocenters. The van der Waals surface area contributed by atoms with Crippen LogP contribution in [0.2, 0.25) is 58.9 Å². The third-order valence-electron chi connectivity index (χ3n) is 7.76. The van der Waals surface area contributed by atoms with Crippen molar-refractivity contribution in [1.29, 1.82) is 0 Å². The maximum Gasteiger partial charge on any atom is 0.179 e. The summed E-state index contributed by atoms with van der Waals surface area (Å²) in [6.45, 7) is 21.9. The zero-order chi connectivity index (χ0) is 27.1. The maximum absolute atomic E-state index is 2.50. The lowest BCUT2D eigenvalue weighted by Crippen LogP contribution is -2.75. The lowest BCUT2D eigenvalue weighted by molar-refractivity contribution is 1.65. The molecule has 4 aromatic carbocycles. The molecule has 0 aliphatic carbocycles. The Kier molecular flexibility index (Phi) is 7.61. The van der Waals surface area contributed by atoms with Crippen LogP contribution in [0.5, 0.6) is 0 Å². The standard InChI is InChI=1S/C33H44Si4/c1-34(2,3)27-15-21-31(22-16-27)37(30-13-11-10-12-14-30,32-23-17-28(18-24-32)35(4,5)6)33-25-19-29(20-26-33)36(7,8)9/h10-26H,1-9H3. The van der Waals surface area contributed by atoms with E-state index in [1.165, 1.54) is 36.3 Å². The van der Waals surface area contributed by atoms with Crippen LogP contribution in [0.1, 0.15) is 0 Å². The lowest BCUT2D eigenvalue weighted by atomic mass is 10.3. The summed E-state index contributed by atoms with van der Waals surface area (Å²) in [5.41, 5.74) is 0. The SMILES string of the molecule is C[Si](C)(C)c1ccc([Si](c2ccccc2)(c2ccc([Si](C)(C)C)cc2)c2ccc([Si](C)(C)C)cc2)cc1. The molecule has 0 spiro atoms. The smallest absolute Gasteiger partial charge is 0.0656 e. The fourth-order valence-electron chi connectivity index (χ4n) is 5.35. The van der Waals surface area contributed by atoms with E-state index >= 15 is 0 Å². The molecule has 37 heavy (non-hydrogen) atoms. The predicted octanol–water partition coefficient (Wildman–Crippen LogP) is 4.70. The van der Waals surface area contributed by atoms with Gasteiger partial charge in [-0.15, -0.1) is 0 Å². The van der Waals surface area contributed by atoms with Crippen molar-refractivity contribution in [3.8, 4) is 0 Å². The van der Waals surface area contributed by atoms with Crippen LogP contribution in [0.25, 0.3) is 0 Å². The van der Waals surface area contributed by atoms with E-state index in [4.69, 9.17) is 0 Å². The van der Waals surface area contributed by atoms with Gasteiger partial charge in [0.2, 0.25) is 0 Å². The first-order chi connectivity index (χ1) is 17.2. The van der Waals surface area contributed by atoms with E-state index in [2.05, 4.69) is 162 Å². The first kappa shape index (κ1) is 27.8. The summed E-state index contributed by atoms with van der Waals surface area (Å²) in [5, 5.41) is 10.4. The Morgan fingerprint density at radius 3 is 0.730 bits per heavy atom. The Morgan fingerprint density at radius 2 is 0.486 bits per heavy atom. The quantitative estimate of drug-likeness (QED) is 0.230. The minimum absolute atomic E-state index is 1.39. The average molecular weight is 553 g/mol. The third-order valence-corrected chi connectivity index (χ3v) is 18.8. The Hall–Kier alpha value is -2.25. The summed E-state index contributed by atoms with van der Waals surface area (Å²) in [6.07, 6.45) is 0. The van der Waals surface area contributed by atoms with Crippen LogP contribution in [0.3, 0.4) is 0 Å². The first-order valence-electron chi connectivity index (χ1n) is 13.6. The van der Waals surface area contributed by atoms with Crippen molar-refractivity contribution < 1.29 is 0 Å². The van der Waals surface area contributed by atoms with Gasteiger partial charge in [-0.2, -0.15) is 0 Å². The number of hydrogen-bond acceptors (Lipinski definition) is 0. The van der Waals surface area contributed by atoms with Gasteiger partial charge in [-0.3, -0.25) is 0 Å². The van der Waals surface area contributed by atoms with Crippen LogP contribution in [0, 0.1) is 0 Å². The fraction of sp³-hybridized carbons (Fsp3) is 0.273. The summed E-state index contributed by atoms with van der Waals surface area (Å²) >= 11 is 0. The summed E-state index contributed by atoms with van der Waals surface area (Å²) in [4.78, 5) is 0. The van der Waals surface area contributed by atoms with Crippen molar-refractivity contribution >= 4 is 68.6 Å². The molecule has 0 aliphatic rings. The second-order valence-corrected chi connectivity index (χ2v) is 32.6. The van der Waals surface area contributed by atoms with E-state index in [0.717, 1.165) is 0 Å². The molecule has 0 aliphatic heterocycles. The van der Waals surface area contributed by atoms with E-state index in [1.54, 1.807) is 0 Å². The summed E-state index contributed by atoms with van der Waals surface area (Å²) < 4.78 is 0. The van der Waals surface area contributed by atoms with Gasteiger partial charge in [-0.05, 0) is 20.7 Å². The molecule has 4 rings (SSSR count). The lowest BCUT2D eigenvalue weighted by Gasteiger charge is -2.35. The van der Waals surface area contributed by atoms with Crippen molar-refractivity contribution in [2.75, 3.05) is 0 Å². The van der Waals surface area contributed by atoms with Gasteiger partial charge in [-0.1, -0.05) is 178 Å². The molecule has 4 aromatic rings. The van der Waals surface area contributed by atoms with Crippen LogP contribution >= 0.6 is 0 Å². The third kappa shape index (κ3) is 5.63. The highest BCUT2D eigenvalue weighted by Crippen LogP contribution is 2.12. The van der Waals surface area contributed by atoms with Crippen molar-refractivity contribution in [3.05, 3.63) is 103 Å². The summed E-state index contributed by atoms with van der Waals surface area (Å²) in [6, 6.07) is 40.7. The molecular formula is C33H44Si4. The van der Waals surface area contributed by atoms with Crippen LogP contribution in [0.4, 0.5) is 0 Å². The normalized spacial score (nSPS) is 13.0. The fourth-order valence-corrected chi connectivity index (χ4v) is 13.5. The zero-order valence-corrected chi connectivity index (χ0v) is 28.3. The van der Waals surface area contributed by atoms with Gasteiger partial charge in [0.1, 0.15) is 0 Å². The molecule has 0 aromatic heterocycles. The zero-order valence-electron chi connectivity index (χ0n) is 24.3. The highest BCUT2D eigenvalue weighted by molar-refractivity contribution is 7.20. The maximum atomic E-state index is 2.46. The van der Waals surface area contributed by atoms with Crippen LogP contribution < -0.4 is 36.3 Å². The molecule has 0 nitrogen and oxygen atoms in total. The van der Waals surface area contributed by atoms with Gasteiger partial charge in [0.15, 0.2) is 8.07 Å². The average Bonchev–Trinajstić information content (AvgIpc) is 2.85. The predicted molar refractivity (Wildman–Crippen MR) is 179 cm³/mol. The molecule has 192 valence electrons. The monoisotopic (exact) mass is 552 g/mol. The van der Waals surface area contributed by atoms with Crippen LogP contribution in [-0.2, 0) is 0 Å². The summed E-state index contributed by atoms with van der Waals surface area (Å²) in [5.74, 6) is 0. The topological polar surface area (TPSA) is 0 Å². The highest BCUT2D eigenvalue weighted by Gasteiger charge is 2.42. The van der Waals surface area contributed by atoms with Crippen molar-refractivity contribution in [2.45, 2.75) is 58.9 Å². The molecule has 0 saturated heterocycles. The number of benzene rings is 4. The van der Waals surface area contributed by atoms with Gasteiger partial charge in [0.25, 0.3) is 0 Å². The van der Waals surface area contributed by atoms with E-state index < -0.39 is 32.3 Å². The van der Waals surface area contributed by atoms with Gasteiger partial charge < -0.3 is 0 Å². The molecule has 0 heterocycles. The molecule has 0 atom stereocenters. The molecular weight excluding hydrogens is 509 g/mol. The van der Waals surface area contributed by atoms with Crippen molar-refractivity contribution in [3.63, 3.8) is 0 Å². The molecule has 0 fully saturated rings. The van der Waals surface area contributed by atoms with Crippen LogP contribution in [0.15, 0.2) is 103 Å². The van der Waals surface area contributed by atoms with Gasteiger partial charge >= 0.3 is 0 Å². The first-order valence-corrected chi connectivity index (χ1v) is 26.1. The second kappa shape index (κ2) is 10.1. The molecule has 0 amide bonds. The number of rotatable bonds is 7. The molecule has 0 radical (unpaired) electrons. The minimum Gasteiger partial charge on any atom is -0.0656 e. The largest absolute Gasteiger partial charge is 0.179 e. The molecule has 4 heteroatoms. The second-order valence-electron chi connectivity index (χ2n) is 13.6. The summed E-state index contributed by atoms with van der Waals surface area (Å²) in [7, 11) is -6.66. The van der Waals surface area contributed by atoms with Gasteiger partial charge in [0, 0.05) is 0 Å².